The lowest BCUT2D eigenvalue weighted by Gasteiger charge is -2.14. The molecule has 0 aliphatic carbocycles. The van der Waals surface area contributed by atoms with Gasteiger partial charge in [-0.15, -0.1) is 0 Å². The molecule has 2 aromatic rings. The first kappa shape index (κ1) is 14.4. The van der Waals surface area contributed by atoms with Crippen LogP contribution in [0.1, 0.15) is 26.3 Å². The SMILES string of the molecule is CCNc1nc2c(OCC)ccc(OCC)c2cc1C. The van der Waals surface area contributed by atoms with Gasteiger partial charge in [0.2, 0.25) is 0 Å². The van der Waals surface area contributed by atoms with Crippen LogP contribution in [-0.2, 0) is 0 Å². The van der Waals surface area contributed by atoms with E-state index in [1.54, 1.807) is 0 Å². The second kappa shape index (κ2) is 6.46. The first-order valence-electron chi connectivity index (χ1n) is 7.15. The molecule has 0 aliphatic heterocycles. The van der Waals surface area contributed by atoms with E-state index in [2.05, 4.69) is 18.3 Å². The molecule has 0 atom stereocenters. The molecule has 0 fully saturated rings. The molecule has 1 heterocycles. The van der Waals surface area contributed by atoms with Crippen LogP contribution >= 0.6 is 0 Å². The van der Waals surface area contributed by atoms with Gasteiger partial charge in [0.25, 0.3) is 0 Å². The third-order valence-electron chi connectivity index (χ3n) is 3.04. The summed E-state index contributed by atoms with van der Waals surface area (Å²) in [5.41, 5.74) is 1.95. The number of aryl methyl sites for hydroxylation is 1. The monoisotopic (exact) mass is 274 g/mol. The van der Waals surface area contributed by atoms with E-state index >= 15 is 0 Å². The number of benzene rings is 1. The van der Waals surface area contributed by atoms with Gasteiger partial charge >= 0.3 is 0 Å². The van der Waals surface area contributed by atoms with Crippen LogP contribution < -0.4 is 14.8 Å². The molecule has 0 bridgehead atoms. The van der Waals surface area contributed by atoms with Gasteiger partial charge < -0.3 is 14.8 Å². The second-order valence-corrected chi connectivity index (χ2v) is 4.51. The van der Waals surface area contributed by atoms with Crippen LogP contribution in [0.4, 0.5) is 5.82 Å². The van der Waals surface area contributed by atoms with E-state index in [1.807, 2.05) is 32.9 Å². The molecular formula is C16H22N2O2. The van der Waals surface area contributed by atoms with Crippen molar-refractivity contribution in [1.82, 2.24) is 4.98 Å². The summed E-state index contributed by atoms with van der Waals surface area (Å²) >= 11 is 0. The molecule has 1 aromatic heterocycles. The smallest absolute Gasteiger partial charge is 0.145 e. The average molecular weight is 274 g/mol. The summed E-state index contributed by atoms with van der Waals surface area (Å²) < 4.78 is 11.4. The number of ether oxygens (including phenoxy) is 2. The topological polar surface area (TPSA) is 43.4 Å². The van der Waals surface area contributed by atoms with Crippen molar-refractivity contribution >= 4 is 16.7 Å². The van der Waals surface area contributed by atoms with Crippen LogP contribution in [0.5, 0.6) is 11.5 Å². The first-order chi connectivity index (χ1) is 9.71. The molecule has 0 aliphatic rings. The number of pyridine rings is 1. The summed E-state index contributed by atoms with van der Waals surface area (Å²) in [4.78, 5) is 4.71. The normalized spacial score (nSPS) is 10.6. The predicted molar refractivity (Wildman–Crippen MR) is 83.0 cm³/mol. The highest BCUT2D eigenvalue weighted by atomic mass is 16.5. The zero-order valence-electron chi connectivity index (χ0n) is 12.6. The van der Waals surface area contributed by atoms with Gasteiger partial charge in [-0.05, 0) is 51.5 Å². The lowest BCUT2D eigenvalue weighted by Crippen LogP contribution is -2.04. The molecule has 0 saturated carbocycles. The second-order valence-electron chi connectivity index (χ2n) is 4.51. The summed E-state index contributed by atoms with van der Waals surface area (Å²) in [6.07, 6.45) is 0. The van der Waals surface area contributed by atoms with E-state index < -0.39 is 0 Å². The van der Waals surface area contributed by atoms with Gasteiger partial charge in [-0.1, -0.05) is 0 Å². The summed E-state index contributed by atoms with van der Waals surface area (Å²) in [6.45, 7) is 10.2. The number of fused-ring (bicyclic) bond motifs is 1. The fourth-order valence-electron chi connectivity index (χ4n) is 2.21. The number of aromatic nitrogens is 1. The van der Waals surface area contributed by atoms with Crippen molar-refractivity contribution in [3.63, 3.8) is 0 Å². The Morgan fingerprint density at radius 3 is 2.35 bits per heavy atom. The zero-order chi connectivity index (χ0) is 14.5. The molecule has 0 radical (unpaired) electrons. The Morgan fingerprint density at radius 1 is 1.05 bits per heavy atom. The molecule has 0 spiro atoms. The quantitative estimate of drug-likeness (QED) is 0.870. The van der Waals surface area contributed by atoms with Crippen LogP contribution in [-0.4, -0.2) is 24.7 Å². The molecule has 1 aromatic carbocycles. The molecular weight excluding hydrogens is 252 g/mol. The maximum Gasteiger partial charge on any atom is 0.145 e. The standard InChI is InChI=1S/C16H22N2O2/c1-5-17-16-11(4)10-12-13(19-6-2)8-9-14(20-7-3)15(12)18-16/h8-10H,5-7H2,1-4H3,(H,17,18). The molecule has 0 amide bonds. The van der Waals surface area contributed by atoms with Crippen LogP contribution in [0.25, 0.3) is 10.9 Å². The van der Waals surface area contributed by atoms with Gasteiger partial charge in [-0.25, -0.2) is 4.98 Å². The number of anilines is 1. The van der Waals surface area contributed by atoms with E-state index in [9.17, 15) is 0 Å². The highest BCUT2D eigenvalue weighted by Gasteiger charge is 2.12. The number of hydrogen-bond donors (Lipinski definition) is 1. The van der Waals surface area contributed by atoms with Gasteiger partial charge in [-0.2, -0.15) is 0 Å². The van der Waals surface area contributed by atoms with Crippen LogP contribution in [0, 0.1) is 6.92 Å². The van der Waals surface area contributed by atoms with Gasteiger partial charge in [-0.3, -0.25) is 0 Å². The zero-order valence-corrected chi connectivity index (χ0v) is 12.6. The largest absolute Gasteiger partial charge is 0.493 e. The maximum atomic E-state index is 5.69. The van der Waals surface area contributed by atoms with Gasteiger partial charge in [0, 0.05) is 11.9 Å². The van der Waals surface area contributed by atoms with Crippen molar-refractivity contribution < 1.29 is 9.47 Å². The lowest BCUT2D eigenvalue weighted by atomic mass is 10.1. The fourth-order valence-corrected chi connectivity index (χ4v) is 2.21. The van der Waals surface area contributed by atoms with Crippen molar-refractivity contribution in [2.75, 3.05) is 25.1 Å². The lowest BCUT2D eigenvalue weighted by molar-refractivity contribution is 0.336. The van der Waals surface area contributed by atoms with Crippen molar-refractivity contribution in [3.8, 4) is 11.5 Å². The molecule has 2 rings (SSSR count). The molecule has 0 saturated heterocycles. The summed E-state index contributed by atoms with van der Waals surface area (Å²) in [6, 6.07) is 5.98. The van der Waals surface area contributed by atoms with E-state index in [1.165, 1.54) is 0 Å². The van der Waals surface area contributed by atoms with Crippen molar-refractivity contribution in [3.05, 3.63) is 23.8 Å². The molecule has 4 nitrogen and oxygen atoms in total. The molecule has 1 N–H and O–H groups in total. The Hall–Kier alpha value is -1.97. The summed E-state index contributed by atoms with van der Waals surface area (Å²) in [5.74, 6) is 2.55. The highest BCUT2D eigenvalue weighted by Crippen LogP contribution is 2.34. The van der Waals surface area contributed by atoms with Gasteiger partial charge in [0.1, 0.15) is 22.8 Å². The van der Waals surface area contributed by atoms with Crippen LogP contribution in [0.2, 0.25) is 0 Å². The predicted octanol–water partition coefficient (Wildman–Crippen LogP) is 3.77. The van der Waals surface area contributed by atoms with Crippen molar-refractivity contribution in [2.45, 2.75) is 27.7 Å². The molecule has 4 heteroatoms. The van der Waals surface area contributed by atoms with E-state index in [0.29, 0.717) is 13.2 Å². The molecule has 108 valence electrons. The third-order valence-corrected chi connectivity index (χ3v) is 3.04. The third kappa shape index (κ3) is 2.79. The summed E-state index contributed by atoms with van der Waals surface area (Å²) in [5, 5.41) is 4.28. The Labute approximate surface area is 120 Å². The minimum atomic E-state index is 0.620. The Morgan fingerprint density at radius 2 is 1.70 bits per heavy atom. The highest BCUT2D eigenvalue weighted by molar-refractivity contribution is 5.92. The minimum Gasteiger partial charge on any atom is -0.493 e. The minimum absolute atomic E-state index is 0.620. The van der Waals surface area contributed by atoms with E-state index in [0.717, 1.165) is 40.3 Å². The molecule has 20 heavy (non-hydrogen) atoms. The Kier molecular flexibility index (Phi) is 4.66. The fraction of sp³-hybridized carbons (Fsp3) is 0.438. The number of hydrogen-bond acceptors (Lipinski definition) is 4. The van der Waals surface area contributed by atoms with Crippen molar-refractivity contribution in [2.24, 2.45) is 0 Å². The van der Waals surface area contributed by atoms with Crippen molar-refractivity contribution in [1.29, 1.82) is 0 Å². The maximum absolute atomic E-state index is 5.69. The van der Waals surface area contributed by atoms with E-state index in [-0.39, 0.29) is 0 Å². The Bertz CT molecular complexity index is 597. The Balaban J connectivity index is 2.64. The van der Waals surface area contributed by atoms with E-state index in [4.69, 9.17) is 14.5 Å². The number of nitrogens with zero attached hydrogens (tertiary/aromatic N) is 1. The van der Waals surface area contributed by atoms with Crippen LogP contribution in [0.3, 0.4) is 0 Å². The first-order valence-corrected chi connectivity index (χ1v) is 7.15. The summed E-state index contributed by atoms with van der Waals surface area (Å²) in [7, 11) is 0. The van der Waals surface area contributed by atoms with Gasteiger partial charge in [0.05, 0.1) is 13.2 Å². The van der Waals surface area contributed by atoms with Gasteiger partial charge in [0.15, 0.2) is 0 Å². The average Bonchev–Trinajstić information content (AvgIpc) is 2.43. The number of rotatable bonds is 6. The molecule has 0 unspecified atom stereocenters. The number of nitrogens with one attached hydrogen (secondary N) is 1. The van der Waals surface area contributed by atoms with Crippen LogP contribution in [0.15, 0.2) is 18.2 Å².